The maximum absolute atomic E-state index is 9.10. The van der Waals surface area contributed by atoms with Gasteiger partial charge in [-0.1, -0.05) is 65.1 Å². The van der Waals surface area contributed by atoms with Gasteiger partial charge < -0.3 is 19.9 Å². The summed E-state index contributed by atoms with van der Waals surface area (Å²) in [6.45, 7) is 4.99. The second-order valence-corrected chi connectivity index (χ2v) is 10.4. The number of fused-ring (bicyclic) bond motifs is 1. The third-order valence-electron chi connectivity index (χ3n) is 6.78. The molecule has 2 N–H and O–H groups in total. The van der Waals surface area contributed by atoms with Crippen LogP contribution >= 0.6 is 34.8 Å². The maximum atomic E-state index is 9.10. The SMILES string of the molecule is [CH2]c1ccc(-c2nccc(-c3cccc(-c4ccc5c(OC)c(CNCCO)cc(Cl)c5n4)c3Cl)c2Cl)cc1OC. The van der Waals surface area contributed by atoms with Crippen molar-refractivity contribution in [3.05, 3.63) is 100.0 Å². The molecule has 2 heterocycles. The molecule has 5 rings (SSSR count). The zero-order valence-electron chi connectivity index (χ0n) is 22.5. The molecule has 1 radical (unpaired) electrons. The summed E-state index contributed by atoms with van der Waals surface area (Å²) in [5.74, 6) is 1.32. The van der Waals surface area contributed by atoms with E-state index < -0.39 is 0 Å². The van der Waals surface area contributed by atoms with Crippen molar-refractivity contribution in [3.63, 3.8) is 0 Å². The monoisotopic (exact) mass is 606 g/mol. The number of pyridine rings is 2. The number of aliphatic hydroxyl groups is 1. The number of ether oxygens (including phenoxy) is 2. The quantitative estimate of drug-likeness (QED) is 0.166. The molecule has 0 fully saturated rings. The summed E-state index contributed by atoms with van der Waals surface area (Å²) in [5.41, 5.74) is 6.52. The highest BCUT2D eigenvalue weighted by atomic mass is 35.5. The first-order valence-electron chi connectivity index (χ1n) is 12.8. The lowest BCUT2D eigenvalue weighted by Crippen LogP contribution is -2.18. The van der Waals surface area contributed by atoms with E-state index in [9.17, 15) is 0 Å². The summed E-state index contributed by atoms with van der Waals surface area (Å²) in [6.07, 6.45) is 1.71. The predicted octanol–water partition coefficient (Wildman–Crippen LogP) is 7.87. The van der Waals surface area contributed by atoms with Crippen LogP contribution in [0.25, 0.3) is 44.5 Å². The minimum Gasteiger partial charge on any atom is -0.496 e. The van der Waals surface area contributed by atoms with Gasteiger partial charge >= 0.3 is 0 Å². The molecule has 0 aliphatic carbocycles. The Bertz CT molecular complexity index is 1740. The van der Waals surface area contributed by atoms with Gasteiger partial charge in [0.2, 0.25) is 0 Å². The number of methoxy groups -OCH3 is 2. The van der Waals surface area contributed by atoms with E-state index >= 15 is 0 Å². The molecule has 2 aromatic heterocycles. The van der Waals surface area contributed by atoms with Crippen LogP contribution in [0.5, 0.6) is 11.5 Å². The van der Waals surface area contributed by atoms with Crippen LogP contribution < -0.4 is 14.8 Å². The average Bonchev–Trinajstić information content (AvgIpc) is 2.98. The van der Waals surface area contributed by atoms with E-state index in [0.29, 0.717) is 56.6 Å². The van der Waals surface area contributed by atoms with E-state index in [1.807, 2.05) is 60.7 Å². The first kappa shape index (κ1) is 29.1. The van der Waals surface area contributed by atoms with Gasteiger partial charge in [-0.15, -0.1) is 0 Å². The van der Waals surface area contributed by atoms with E-state index in [1.54, 1.807) is 20.4 Å². The van der Waals surface area contributed by atoms with Gasteiger partial charge in [0.15, 0.2) is 0 Å². The molecule has 6 nitrogen and oxygen atoms in total. The van der Waals surface area contributed by atoms with Gasteiger partial charge in [0.1, 0.15) is 11.5 Å². The molecule has 0 spiro atoms. The topological polar surface area (TPSA) is 76.5 Å². The largest absolute Gasteiger partial charge is 0.496 e. The van der Waals surface area contributed by atoms with E-state index in [2.05, 4.69) is 17.2 Å². The molecular weight excluding hydrogens is 581 g/mol. The Hall–Kier alpha value is -3.39. The zero-order chi connectivity index (χ0) is 29.1. The van der Waals surface area contributed by atoms with Crippen LogP contribution in [0.15, 0.2) is 66.9 Å². The molecule has 0 aliphatic heterocycles. The number of rotatable bonds is 9. The highest BCUT2D eigenvalue weighted by Crippen LogP contribution is 2.43. The summed E-state index contributed by atoms with van der Waals surface area (Å²) < 4.78 is 11.1. The highest BCUT2D eigenvalue weighted by molar-refractivity contribution is 6.39. The van der Waals surface area contributed by atoms with Gasteiger partial charge in [-0.3, -0.25) is 4.98 Å². The first-order valence-corrected chi connectivity index (χ1v) is 13.9. The van der Waals surface area contributed by atoms with Crippen molar-refractivity contribution in [1.82, 2.24) is 15.3 Å². The lowest BCUT2D eigenvalue weighted by atomic mass is 9.99. The third-order valence-corrected chi connectivity index (χ3v) is 7.86. The molecule has 0 saturated carbocycles. The number of benzene rings is 3. The lowest BCUT2D eigenvalue weighted by molar-refractivity contribution is 0.291. The Labute approximate surface area is 253 Å². The first-order chi connectivity index (χ1) is 19.9. The molecule has 0 saturated heterocycles. The number of nitrogens with zero attached hydrogens (tertiary/aromatic N) is 2. The molecule has 209 valence electrons. The average molecular weight is 608 g/mol. The maximum Gasteiger partial charge on any atom is 0.132 e. The Morgan fingerprint density at radius 1 is 0.902 bits per heavy atom. The van der Waals surface area contributed by atoms with Crippen molar-refractivity contribution < 1.29 is 14.6 Å². The van der Waals surface area contributed by atoms with Crippen LogP contribution in [0.4, 0.5) is 0 Å². The van der Waals surface area contributed by atoms with E-state index in [-0.39, 0.29) is 6.61 Å². The molecule has 3 aromatic carbocycles. The number of hydrogen-bond acceptors (Lipinski definition) is 6. The molecule has 41 heavy (non-hydrogen) atoms. The number of hydrogen-bond donors (Lipinski definition) is 2. The fraction of sp³-hybridized carbons (Fsp3) is 0.156. The van der Waals surface area contributed by atoms with Crippen molar-refractivity contribution in [2.24, 2.45) is 0 Å². The molecule has 5 aromatic rings. The summed E-state index contributed by atoms with van der Waals surface area (Å²) >= 11 is 20.7. The third kappa shape index (κ3) is 5.71. The normalized spacial score (nSPS) is 11.2. The summed E-state index contributed by atoms with van der Waals surface area (Å²) in [4.78, 5) is 9.41. The number of aromatic nitrogens is 2. The molecule has 0 unspecified atom stereocenters. The van der Waals surface area contributed by atoms with Crippen LogP contribution in [0, 0.1) is 6.92 Å². The standard InChI is InChI=1S/C32H27Cl3N3O3/c1-18-7-8-19(16-27(18)40-2)30-29(35)22(11-12-37-30)21-5-4-6-23(28(21)34)26-10-9-24-31(38-26)25(33)15-20(32(24)41-3)17-36-13-14-39/h4-12,15-16,36,39H,1,13-14,17H2,2-3H3. The summed E-state index contributed by atoms with van der Waals surface area (Å²) in [5, 5.41) is 14.5. The van der Waals surface area contributed by atoms with Gasteiger partial charge in [0, 0.05) is 52.5 Å². The Balaban J connectivity index is 1.58. The Kier molecular flexibility index (Phi) is 8.97. The second kappa shape index (κ2) is 12.6. The predicted molar refractivity (Wildman–Crippen MR) is 167 cm³/mol. The van der Waals surface area contributed by atoms with Crippen LogP contribution in [-0.4, -0.2) is 42.4 Å². The van der Waals surface area contributed by atoms with Crippen LogP contribution in [0.2, 0.25) is 15.1 Å². The molecular formula is C32H27Cl3N3O3. The Morgan fingerprint density at radius 3 is 2.44 bits per heavy atom. The fourth-order valence-corrected chi connectivity index (χ4v) is 5.71. The minimum absolute atomic E-state index is 0.0405. The smallest absolute Gasteiger partial charge is 0.132 e. The van der Waals surface area contributed by atoms with Crippen molar-refractivity contribution in [1.29, 1.82) is 0 Å². The molecule has 0 aliphatic rings. The minimum atomic E-state index is 0.0405. The lowest BCUT2D eigenvalue weighted by Gasteiger charge is -2.16. The molecule has 0 amide bonds. The number of aliphatic hydroxyl groups excluding tert-OH is 1. The molecule has 0 bridgehead atoms. The molecule has 0 atom stereocenters. The van der Waals surface area contributed by atoms with Gasteiger partial charge in [-0.05, 0) is 42.8 Å². The van der Waals surface area contributed by atoms with Gasteiger partial charge in [0.05, 0.1) is 52.8 Å². The summed E-state index contributed by atoms with van der Waals surface area (Å²) in [6, 6.07) is 18.9. The van der Waals surface area contributed by atoms with Crippen LogP contribution in [-0.2, 0) is 6.54 Å². The highest BCUT2D eigenvalue weighted by Gasteiger charge is 2.19. The number of nitrogens with one attached hydrogen (secondary N) is 1. The second-order valence-electron chi connectivity index (χ2n) is 9.26. The van der Waals surface area contributed by atoms with E-state index in [4.69, 9.17) is 54.4 Å². The van der Waals surface area contributed by atoms with Crippen molar-refractivity contribution in [2.45, 2.75) is 6.54 Å². The van der Waals surface area contributed by atoms with E-state index in [0.717, 1.165) is 38.8 Å². The van der Waals surface area contributed by atoms with Gasteiger partial charge in [0.25, 0.3) is 0 Å². The zero-order valence-corrected chi connectivity index (χ0v) is 24.7. The Morgan fingerprint density at radius 2 is 1.68 bits per heavy atom. The van der Waals surface area contributed by atoms with Crippen molar-refractivity contribution in [3.8, 4) is 45.1 Å². The number of halogens is 3. The van der Waals surface area contributed by atoms with Crippen LogP contribution in [0.1, 0.15) is 11.1 Å². The van der Waals surface area contributed by atoms with Crippen molar-refractivity contribution in [2.75, 3.05) is 27.4 Å². The molecule has 9 heteroatoms. The van der Waals surface area contributed by atoms with Gasteiger partial charge in [-0.25, -0.2) is 4.98 Å². The summed E-state index contributed by atoms with van der Waals surface area (Å²) in [7, 11) is 3.22. The van der Waals surface area contributed by atoms with Crippen LogP contribution in [0.3, 0.4) is 0 Å². The van der Waals surface area contributed by atoms with Crippen molar-refractivity contribution >= 4 is 45.7 Å². The van der Waals surface area contributed by atoms with Gasteiger partial charge in [-0.2, -0.15) is 0 Å². The van der Waals surface area contributed by atoms with E-state index in [1.165, 1.54) is 0 Å². The fourth-order valence-electron chi connectivity index (χ4n) is 4.79.